The molecule has 0 bridgehead atoms. The lowest BCUT2D eigenvalue weighted by atomic mass is 10.1. The standard InChI is InChI=1S/C18H24N4O2S/c1-21-8-4-7-15(21)16(22-9-2-3-10-22)13-20-18(24)17(23)19-12-14-6-5-11-25-14/h4-8,11,16H,2-3,9-10,12-13H2,1H3,(H,19,23)(H,20,24). The predicted octanol–water partition coefficient (Wildman–Crippen LogP) is 1.66. The van der Waals surface area contributed by atoms with Gasteiger partial charge in [0.05, 0.1) is 12.6 Å². The van der Waals surface area contributed by atoms with Gasteiger partial charge in [-0.25, -0.2) is 0 Å². The molecule has 134 valence electrons. The highest BCUT2D eigenvalue weighted by atomic mass is 32.1. The summed E-state index contributed by atoms with van der Waals surface area (Å²) in [5.74, 6) is -1.16. The van der Waals surface area contributed by atoms with Gasteiger partial charge in [-0.3, -0.25) is 14.5 Å². The van der Waals surface area contributed by atoms with E-state index in [1.165, 1.54) is 12.8 Å². The Labute approximate surface area is 151 Å². The van der Waals surface area contributed by atoms with E-state index in [9.17, 15) is 9.59 Å². The van der Waals surface area contributed by atoms with Crippen LogP contribution in [0.15, 0.2) is 35.8 Å². The Bertz CT molecular complexity index is 704. The number of amides is 2. The van der Waals surface area contributed by atoms with Crippen LogP contribution in [-0.2, 0) is 23.2 Å². The Hall–Kier alpha value is -2.12. The number of nitrogens with one attached hydrogen (secondary N) is 2. The maximum absolute atomic E-state index is 12.1. The first-order chi connectivity index (χ1) is 12.1. The van der Waals surface area contributed by atoms with E-state index in [1.807, 2.05) is 36.8 Å². The Morgan fingerprint density at radius 3 is 2.56 bits per heavy atom. The molecule has 0 aromatic carbocycles. The van der Waals surface area contributed by atoms with Gasteiger partial charge in [-0.05, 0) is 49.5 Å². The number of rotatable bonds is 6. The summed E-state index contributed by atoms with van der Waals surface area (Å²) in [6.07, 6.45) is 4.36. The summed E-state index contributed by atoms with van der Waals surface area (Å²) in [4.78, 5) is 27.5. The van der Waals surface area contributed by atoms with Gasteiger partial charge >= 0.3 is 11.8 Å². The monoisotopic (exact) mass is 360 g/mol. The topological polar surface area (TPSA) is 66.4 Å². The van der Waals surface area contributed by atoms with E-state index in [0.29, 0.717) is 13.1 Å². The number of hydrogen-bond donors (Lipinski definition) is 2. The molecular formula is C18H24N4O2S. The average molecular weight is 360 g/mol. The first-order valence-corrected chi connectivity index (χ1v) is 9.47. The van der Waals surface area contributed by atoms with Crippen molar-refractivity contribution < 1.29 is 9.59 Å². The second kappa shape index (κ2) is 8.31. The molecule has 1 unspecified atom stereocenters. The van der Waals surface area contributed by atoms with Gasteiger partial charge in [0, 0.05) is 30.4 Å². The van der Waals surface area contributed by atoms with Gasteiger partial charge in [0.15, 0.2) is 0 Å². The quantitative estimate of drug-likeness (QED) is 0.770. The smallest absolute Gasteiger partial charge is 0.309 e. The summed E-state index contributed by atoms with van der Waals surface area (Å²) in [6, 6.07) is 8.03. The Morgan fingerprint density at radius 2 is 1.92 bits per heavy atom. The van der Waals surface area contributed by atoms with E-state index < -0.39 is 11.8 Å². The number of aromatic nitrogens is 1. The van der Waals surface area contributed by atoms with Crippen LogP contribution in [0.25, 0.3) is 0 Å². The highest BCUT2D eigenvalue weighted by Gasteiger charge is 2.26. The van der Waals surface area contributed by atoms with Crippen molar-refractivity contribution in [1.29, 1.82) is 0 Å². The minimum Gasteiger partial charge on any atom is -0.353 e. The summed E-state index contributed by atoms with van der Waals surface area (Å²) < 4.78 is 2.08. The SMILES string of the molecule is Cn1cccc1C(CNC(=O)C(=O)NCc1cccs1)N1CCCC1. The van der Waals surface area contributed by atoms with Crippen molar-refractivity contribution in [3.8, 4) is 0 Å². The van der Waals surface area contributed by atoms with Crippen molar-refractivity contribution >= 4 is 23.2 Å². The molecule has 7 heteroatoms. The number of likely N-dealkylation sites (tertiary alicyclic amines) is 1. The second-order valence-corrected chi connectivity index (χ2v) is 7.31. The van der Waals surface area contributed by atoms with Crippen molar-refractivity contribution in [2.45, 2.75) is 25.4 Å². The minimum atomic E-state index is -0.583. The van der Waals surface area contributed by atoms with E-state index in [-0.39, 0.29) is 6.04 Å². The summed E-state index contributed by atoms with van der Waals surface area (Å²) in [6.45, 7) is 2.87. The third kappa shape index (κ3) is 4.49. The zero-order chi connectivity index (χ0) is 17.6. The van der Waals surface area contributed by atoms with Gasteiger partial charge in [0.25, 0.3) is 0 Å². The Kier molecular flexibility index (Phi) is 5.88. The number of carbonyl (C=O) groups is 2. The first-order valence-electron chi connectivity index (χ1n) is 8.59. The molecule has 0 radical (unpaired) electrons. The maximum Gasteiger partial charge on any atom is 0.309 e. The summed E-state index contributed by atoms with van der Waals surface area (Å²) >= 11 is 1.56. The van der Waals surface area contributed by atoms with Crippen LogP contribution in [0.2, 0.25) is 0 Å². The van der Waals surface area contributed by atoms with E-state index in [1.54, 1.807) is 11.3 Å². The molecule has 2 aromatic heterocycles. The van der Waals surface area contributed by atoms with Crippen LogP contribution >= 0.6 is 11.3 Å². The minimum absolute atomic E-state index is 0.0940. The molecule has 3 heterocycles. The van der Waals surface area contributed by atoms with Crippen LogP contribution in [0.3, 0.4) is 0 Å². The molecule has 25 heavy (non-hydrogen) atoms. The van der Waals surface area contributed by atoms with E-state index >= 15 is 0 Å². The van der Waals surface area contributed by atoms with Crippen LogP contribution < -0.4 is 10.6 Å². The van der Waals surface area contributed by atoms with E-state index in [4.69, 9.17) is 0 Å². The fraction of sp³-hybridized carbons (Fsp3) is 0.444. The lowest BCUT2D eigenvalue weighted by molar-refractivity contribution is -0.139. The molecule has 1 fully saturated rings. The van der Waals surface area contributed by atoms with Gasteiger partial charge in [-0.15, -0.1) is 11.3 Å². The normalized spacial score (nSPS) is 15.9. The lowest BCUT2D eigenvalue weighted by Crippen LogP contribution is -2.43. The maximum atomic E-state index is 12.1. The predicted molar refractivity (Wildman–Crippen MR) is 98.1 cm³/mol. The summed E-state index contributed by atoms with van der Waals surface area (Å²) in [5.41, 5.74) is 1.15. The van der Waals surface area contributed by atoms with Gasteiger partial charge < -0.3 is 15.2 Å². The van der Waals surface area contributed by atoms with Crippen LogP contribution in [-0.4, -0.2) is 40.9 Å². The Balaban J connectivity index is 1.55. The fourth-order valence-electron chi connectivity index (χ4n) is 3.22. The average Bonchev–Trinajstić information content (AvgIpc) is 3.36. The third-order valence-electron chi connectivity index (χ3n) is 4.57. The highest BCUT2D eigenvalue weighted by Crippen LogP contribution is 2.24. The van der Waals surface area contributed by atoms with Crippen molar-refractivity contribution in [2.75, 3.05) is 19.6 Å². The fourth-order valence-corrected chi connectivity index (χ4v) is 3.87. The molecule has 1 saturated heterocycles. The molecule has 1 atom stereocenters. The van der Waals surface area contributed by atoms with E-state index in [0.717, 1.165) is 23.7 Å². The number of thiophene rings is 1. The van der Waals surface area contributed by atoms with Crippen molar-refractivity contribution in [2.24, 2.45) is 7.05 Å². The molecule has 3 rings (SSSR count). The van der Waals surface area contributed by atoms with Crippen molar-refractivity contribution in [3.05, 3.63) is 46.4 Å². The lowest BCUT2D eigenvalue weighted by Gasteiger charge is -2.28. The zero-order valence-corrected chi connectivity index (χ0v) is 15.2. The molecule has 2 amide bonds. The number of nitrogens with zero attached hydrogens (tertiary/aromatic N) is 2. The molecule has 2 N–H and O–H groups in total. The second-order valence-electron chi connectivity index (χ2n) is 6.27. The van der Waals surface area contributed by atoms with Crippen molar-refractivity contribution in [1.82, 2.24) is 20.1 Å². The number of hydrogen-bond acceptors (Lipinski definition) is 4. The number of carbonyl (C=O) groups excluding carboxylic acids is 2. The molecule has 0 saturated carbocycles. The largest absolute Gasteiger partial charge is 0.353 e. The van der Waals surface area contributed by atoms with Gasteiger partial charge in [-0.1, -0.05) is 6.07 Å². The van der Waals surface area contributed by atoms with E-state index in [2.05, 4.69) is 26.2 Å². The highest BCUT2D eigenvalue weighted by molar-refractivity contribution is 7.09. The summed E-state index contributed by atoms with van der Waals surface area (Å²) in [7, 11) is 2.01. The van der Waals surface area contributed by atoms with Crippen LogP contribution in [0, 0.1) is 0 Å². The number of aryl methyl sites for hydroxylation is 1. The van der Waals surface area contributed by atoms with Gasteiger partial charge in [0.2, 0.25) is 0 Å². The van der Waals surface area contributed by atoms with Crippen LogP contribution in [0.4, 0.5) is 0 Å². The molecular weight excluding hydrogens is 336 g/mol. The third-order valence-corrected chi connectivity index (χ3v) is 5.45. The molecule has 2 aromatic rings. The molecule has 6 nitrogen and oxygen atoms in total. The Morgan fingerprint density at radius 1 is 1.16 bits per heavy atom. The van der Waals surface area contributed by atoms with Crippen molar-refractivity contribution in [3.63, 3.8) is 0 Å². The van der Waals surface area contributed by atoms with Gasteiger partial charge in [0.1, 0.15) is 0 Å². The molecule has 1 aliphatic heterocycles. The van der Waals surface area contributed by atoms with Gasteiger partial charge in [-0.2, -0.15) is 0 Å². The summed E-state index contributed by atoms with van der Waals surface area (Å²) in [5, 5.41) is 7.41. The van der Waals surface area contributed by atoms with Crippen LogP contribution in [0.1, 0.15) is 29.5 Å². The molecule has 0 spiro atoms. The first kappa shape index (κ1) is 17.7. The molecule has 1 aliphatic rings. The van der Waals surface area contributed by atoms with Crippen LogP contribution in [0.5, 0.6) is 0 Å². The molecule has 0 aliphatic carbocycles. The zero-order valence-electron chi connectivity index (χ0n) is 14.4.